The smallest absolute Gasteiger partial charge is 0.423 e. The van der Waals surface area contributed by atoms with E-state index in [-0.39, 0.29) is 0 Å². The fourth-order valence-corrected chi connectivity index (χ4v) is 1.06. The van der Waals surface area contributed by atoms with Gasteiger partial charge in [0, 0.05) is 11.2 Å². The number of hydrogen-bond acceptors (Lipinski definition) is 3. The maximum Gasteiger partial charge on any atom is 0.491 e. The first-order valence-corrected chi connectivity index (χ1v) is 3.75. The number of nitrogens with two attached hydrogens (primary N) is 1. The van der Waals surface area contributed by atoms with E-state index in [1.54, 1.807) is 0 Å². The van der Waals surface area contributed by atoms with Crippen molar-refractivity contribution in [1.29, 1.82) is 0 Å². The minimum atomic E-state index is -4.93. The van der Waals surface area contributed by atoms with E-state index < -0.39 is 35.8 Å². The molecule has 0 atom stereocenters. The van der Waals surface area contributed by atoms with Crippen LogP contribution in [-0.4, -0.2) is 17.2 Å². The van der Waals surface area contributed by atoms with Crippen molar-refractivity contribution in [3.63, 3.8) is 0 Å². The quantitative estimate of drug-likeness (QED) is 0.359. The summed E-state index contributed by atoms with van der Waals surface area (Å²) in [6.07, 6.45) is -4.93. The van der Waals surface area contributed by atoms with Crippen LogP contribution in [0, 0.1) is 5.82 Å². The number of benzene rings is 1. The molecule has 0 spiro atoms. The van der Waals surface area contributed by atoms with Gasteiger partial charge in [-0.3, -0.25) is 0 Å². The van der Waals surface area contributed by atoms with E-state index in [1.807, 2.05) is 0 Å². The Bertz CT molecular complexity index is 380. The summed E-state index contributed by atoms with van der Waals surface area (Å²) in [5.41, 5.74) is 2.16. The molecule has 1 aromatic rings. The van der Waals surface area contributed by atoms with Crippen LogP contribution < -0.4 is 11.2 Å². The first kappa shape index (κ1) is 11.8. The number of hydrogen-bond donors (Lipinski definition) is 3. The van der Waals surface area contributed by atoms with Crippen LogP contribution in [-0.2, 0) is 6.18 Å². The average Bonchev–Trinajstić information content (AvgIpc) is 2.06. The second-order valence-corrected chi connectivity index (χ2v) is 2.84. The van der Waals surface area contributed by atoms with Crippen LogP contribution in [0.1, 0.15) is 5.56 Å². The zero-order valence-electron chi connectivity index (χ0n) is 7.22. The lowest BCUT2D eigenvalue weighted by Gasteiger charge is -2.12. The molecule has 0 aliphatic rings. The molecule has 0 saturated heterocycles. The van der Waals surface area contributed by atoms with Crippen molar-refractivity contribution in [2.45, 2.75) is 6.18 Å². The van der Waals surface area contributed by atoms with Crippen molar-refractivity contribution in [3.05, 3.63) is 23.5 Å². The summed E-state index contributed by atoms with van der Waals surface area (Å²) >= 11 is 0. The number of nitrogen functional groups attached to an aromatic ring is 1. The SMILES string of the molecule is Nc1cc(B(O)O)c(F)c(C(F)(F)F)c1. The van der Waals surface area contributed by atoms with Gasteiger partial charge < -0.3 is 15.8 Å². The van der Waals surface area contributed by atoms with Gasteiger partial charge in [0.05, 0.1) is 5.56 Å². The van der Waals surface area contributed by atoms with Crippen molar-refractivity contribution in [2.24, 2.45) is 0 Å². The lowest BCUT2D eigenvalue weighted by atomic mass is 9.78. The normalized spacial score (nSPS) is 11.6. The second kappa shape index (κ2) is 3.71. The number of rotatable bonds is 1. The summed E-state index contributed by atoms with van der Waals surface area (Å²) in [6, 6.07) is 1.12. The first-order valence-electron chi connectivity index (χ1n) is 3.75. The summed E-state index contributed by atoms with van der Waals surface area (Å²) in [5, 5.41) is 17.2. The van der Waals surface area contributed by atoms with Gasteiger partial charge >= 0.3 is 13.3 Å². The number of halogens is 4. The van der Waals surface area contributed by atoms with E-state index in [4.69, 9.17) is 15.8 Å². The van der Waals surface area contributed by atoms with Crippen molar-refractivity contribution in [3.8, 4) is 0 Å². The summed E-state index contributed by atoms with van der Waals surface area (Å²) in [6.45, 7) is 0. The van der Waals surface area contributed by atoms with E-state index in [1.165, 1.54) is 0 Å². The lowest BCUT2D eigenvalue weighted by molar-refractivity contribution is -0.139. The molecule has 0 saturated carbocycles. The van der Waals surface area contributed by atoms with E-state index in [9.17, 15) is 17.6 Å². The van der Waals surface area contributed by atoms with Crippen LogP contribution in [0.4, 0.5) is 23.2 Å². The fraction of sp³-hybridized carbons (Fsp3) is 0.143. The molecule has 8 heteroatoms. The summed E-state index contributed by atoms with van der Waals surface area (Å²) < 4.78 is 49.7. The minimum Gasteiger partial charge on any atom is -0.423 e. The van der Waals surface area contributed by atoms with E-state index in [0.29, 0.717) is 6.07 Å². The van der Waals surface area contributed by atoms with Gasteiger partial charge in [0.1, 0.15) is 5.82 Å². The Hall–Kier alpha value is -1.28. The molecule has 1 rings (SSSR count). The van der Waals surface area contributed by atoms with Crippen LogP contribution >= 0.6 is 0 Å². The highest BCUT2D eigenvalue weighted by Crippen LogP contribution is 2.31. The van der Waals surface area contributed by atoms with Gasteiger partial charge in [0.25, 0.3) is 0 Å². The van der Waals surface area contributed by atoms with Crippen molar-refractivity contribution in [2.75, 3.05) is 5.73 Å². The Morgan fingerprint density at radius 2 is 1.73 bits per heavy atom. The maximum atomic E-state index is 13.1. The van der Waals surface area contributed by atoms with Gasteiger partial charge in [-0.15, -0.1) is 0 Å². The fourth-order valence-electron chi connectivity index (χ4n) is 1.06. The first-order chi connectivity index (χ1) is 6.73. The highest BCUT2D eigenvalue weighted by atomic mass is 19.4. The Labute approximate surface area is 82.3 Å². The predicted molar refractivity (Wildman–Crippen MR) is 45.6 cm³/mol. The van der Waals surface area contributed by atoms with Crippen LogP contribution in [0.15, 0.2) is 12.1 Å². The molecule has 4 N–H and O–H groups in total. The Balaban J connectivity index is 3.42. The largest absolute Gasteiger partial charge is 0.491 e. The molecule has 15 heavy (non-hydrogen) atoms. The molecule has 82 valence electrons. The number of alkyl halides is 3. The van der Waals surface area contributed by atoms with Crippen LogP contribution in [0.2, 0.25) is 0 Å². The molecule has 0 amide bonds. The van der Waals surface area contributed by atoms with Crippen molar-refractivity contribution in [1.82, 2.24) is 0 Å². The average molecular weight is 223 g/mol. The molecule has 0 radical (unpaired) electrons. The van der Waals surface area contributed by atoms with Crippen molar-refractivity contribution >= 4 is 18.3 Å². The number of anilines is 1. The highest BCUT2D eigenvalue weighted by Gasteiger charge is 2.36. The van der Waals surface area contributed by atoms with Crippen molar-refractivity contribution < 1.29 is 27.6 Å². The molecular weight excluding hydrogens is 217 g/mol. The van der Waals surface area contributed by atoms with Gasteiger partial charge in [0.15, 0.2) is 0 Å². The predicted octanol–water partition coefficient (Wildman–Crippen LogP) is 0.107. The van der Waals surface area contributed by atoms with Crippen LogP contribution in [0.5, 0.6) is 0 Å². The summed E-state index contributed by atoms with van der Waals surface area (Å²) in [5.74, 6) is -1.73. The standard InChI is InChI=1S/C7H6BF4NO2/c9-6-4(7(10,11)12)1-3(13)2-5(6)8(14)15/h1-2,14-15H,13H2. The monoisotopic (exact) mass is 223 g/mol. The van der Waals surface area contributed by atoms with Gasteiger partial charge in [-0.2, -0.15) is 13.2 Å². The van der Waals surface area contributed by atoms with Crippen LogP contribution in [0.3, 0.4) is 0 Å². The van der Waals surface area contributed by atoms with Crippen LogP contribution in [0.25, 0.3) is 0 Å². The molecule has 0 aliphatic carbocycles. The third-order valence-corrected chi connectivity index (χ3v) is 1.71. The third-order valence-electron chi connectivity index (χ3n) is 1.71. The Morgan fingerprint density at radius 1 is 1.20 bits per heavy atom. The minimum absolute atomic E-state index is 0.390. The van der Waals surface area contributed by atoms with E-state index in [0.717, 1.165) is 6.07 Å². The third kappa shape index (κ3) is 2.39. The van der Waals surface area contributed by atoms with Gasteiger partial charge in [0.2, 0.25) is 0 Å². The van der Waals surface area contributed by atoms with E-state index >= 15 is 0 Å². The maximum absolute atomic E-state index is 13.1. The molecule has 3 nitrogen and oxygen atoms in total. The Kier molecular flexibility index (Phi) is 2.92. The van der Waals surface area contributed by atoms with Gasteiger partial charge in [-0.1, -0.05) is 0 Å². The van der Waals surface area contributed by atoms with Gasteiger partial charge in [-0.25, -0.2) is 4.39 Å². The molecule has 1 aromatic carbocycles. The topological polar surface area (TPSA) is 66.5 Å². The van der Waals surface area contributed by atoms with E-state index in [2.05, 4.69) is 0 Å². The summed E-state index contributed by atoms with van der Waals surface area (Å²) in [7, 11) is -2.34. The molecule has 0 bridgehead atoms. The zero-order chi connectivity index (χ0) is 11.8. The molecule has 0 aliphatic heterocycles. The molecule has 0 unspecified atom stereocenters. The molecule has 0 heterocycles. The lowest BCUT2D eigenvalue weighted by Crippen LogP contribution is -2.35. The molecule has 0 aromatic heterocycles. The van der Waals surface area contributed by atoms with Gasteiger partial charge in [-0.05, 0) is 12.1 Å². The zero-order valence-corrected chi connectivity index (χ0v) is 7.22. The Morgan fingerprint density at radius 3 is 2.13 bits per heavy atom. The second-order valence-electron chi connectivity index (χ2n) is 2.84. The molecule has 0 fully saturated rings. The molecular formula is C7H6BF4NO2. The summed E-state index contributed by atoms with van der Waals surface area (Å²) in [4.78, 5) is 0. The highest BCUT2D eigenvalue weighted by molar-refractivity contribution is 6.58.